The molecule has 1 aromatic rings. The maximum Gasteiger partial charge on any atom is 0.133 e. The van der Waals surface area contributed by atoms with Crippen molar-refractivity contribution in [3.63, 3.8) is 0 Å². The topological polar surface area (TPSA) is 9.23 Å². The zero-order valence-electron chi connectivity index (χ0n) is 10.1. The van der Waals surface area contributed by atoms with Gasteiger partial charge in [-0.05, 0) is 42.1 Å². The van der Waals surface area contributed by atoms with Gasteiger partial charge in [-0.1, -0.05) is 12.2 Å². The van der Waals surface area contributed by atoms with Gasteiger partial charge in [0.25, 0.3) is 0 Å². The quantitative estimate of drug-likeness (QED) is 0.737. The minimum Gasteiger partial charge on any atom is -0.497 e. The monoisotopic (exact) mass is 253 g/mol. The summed E-state index contributed by atoms with van der Waals surface area (Å²) in [5.41, 5.74) is 2.47. The van der Waals surface area contributed by atoms with Gasteiger partial charge < -0.3 is 4.74 Å². The number of allylic oxidation sites excluding steroid dienone is 5. The molecule has 0 N–H and O–H groups in total. The van der Waals surface area contributed by atoms with Gasteiger partial charge in [0.15, 0.2) is 0 Å². The van der Waals surface area contributed by atoms with Crippen LogP contribution in [0, 0.1) is 6.08 Å². The van der Waals surface area contributed by atoms with Crippen molar-refractivity contribution in [3.8, 4) is 5.75 Å². The minimum atomic E-state index is 0.400. The molecule has 0 radical (unpaired) electrons. The molecule has 1 aliphatic heterocycles. The van der Waals surface area contributed by atoms with Crippen LogP contribution >= 0.6 is 11.8 Å². The summed E-state index contributed by atoms with van der Waals surface area (Å²) in [6.45, 7) is 0. The van der Waals surface area contributed by atoms with Gasteiger partial charge in [-0.25, -0.2) is 0 Å². The number of rotatable bonds is 2. The number of methoxy groups -OCH3 is 1. The Morgan fingerprint density at radius 2 is 2.00 bits per heavy atom. The summed E-state index contributed by atoms with van der Waals surface area (Å²) in [7, 11) is 1.69. The van der Waals surface area contributed by atoms with Gasteiger partial charge in [0.1, 0.15) is 22.3 Å². The predicted molar refractivity (Wildman–Crippen MR) is 77.4 cm³/mol. The van der Waals surface area contributed by atoms with Crippen LogP contribution in [0.5, 0.6) is 5.75 Å². The second-order valence-corrected chi connectivity index (χ2v) is 5.30. The Labute approximate surface area is 112 Å². The Kier molecular flexibility index (Phi) is 3.06. The highest BCUT2D eigenvalue weighted by Gasteiger charge is 2.26. The van der Waals surface area contributed by atoms with E-state index in [1.54, 1.807) is 7.11 Å². The molecule has 0 amide bonds. The van der Waals surface area contributed by atoms with Gasteiger partial charge in [-0.3, -0.25) is 0 Å². The Hall–Kier alpha value is -1.76. The first kappa shape index (κ1) is 11.3. The molecule has 18 heavy (non-hydrogen) atoms. The summed E-state index contributed by atoms with van der Waals surface area (Å²) < 4.78 is 5.18. The standard InChI is InChI=1S/C16H13OS/c1-17-14-9-6-13(7-10-14)16-11-8-12-4-2-3-5-15(12)18-16/h2-7,9-11,15H,1H3/q+1/t15-/m1/s1. The van der Waals surface area contributed by atoms with E-state index in [1.807, 2.05) is 23.9 Å². The third-order valence-corrected chi connectivity index (χ3v) is 4.25. The van der Waals surface area contributed by atoms with Crippen LogP contribution in [0.15, 0.2) is 60.2 Å². The Bertz CT molecular complexity index is 561. The predicted octanol–water partition coefficient (Wildman–Crippen LogP) is 4.01. The highest BCUT2D eigenvalue weighted by molar-refractivity contribution is 8.09. The van der Waals surface area contributed by atoms with Crippen molar-refractivity contribution < 1.29 is 4.74 Å². The third-order valence-electron chi connectivity index (χ3n) is 2.98. The molecule has 0 unspecified atom stereocenters. The molecular formula is C16H13OS+. The van der Waals surface area contributed by atoms with E-state index in [0.717, 1.165) is 5.75 Å². The van der Waals surface area contributed by atoms with Crippen molar-refractivity contribution in [1.29, 1.82) is 0 Å². The van der Waals surface area contributed by atoms with Crippen LogP contribution in [0.25, 0.3) is 4.91 Å². The lowest BCUT2D eigenvalue weighted by Crippen LogP contribution is -2.07. The molecule has 0 aromatic heterocycles. The van der Waals surface area contributed by atoms with E-state index in [4.69, 9.17) is 4.74 Å². The molecule has 88 valence electrons. The molecule has 3 rings (SSSR count). The van der Waals surface area contributed by atoms with E-state index in [-0.39, 0.29) is 0 Å². The normalized spacial score (nSPS) is 20.6. The van der Waals surface area contributed by atoms with Crippen molar-refractivity contribution in [1.82, 2.24) is 0 Å². The zero-order valence-corrected chi connectivity index (χ0v) is 10.9. The minimum absolute atomic E-state index is 0.400. The number of benzene rings is 1. The molecule has 1 heterocycles. The summed E-state index contributed by atoms with van der Waals surface area (Å²) in [5, 5.41) is 0.400. The van der Waals surface area contributed by atoms with Crippen LogP contribution in [-0.2, 0) is 0 Å². The fourth-order valence-corrected chi connectivity index (χ4v) is 3.10. The SMILES string of the molecule is COc1ccc(C2=C[C+]=C3C=CC=C[C@H]3S2)cc1. The van der Waals surface area contributed by atoms with Crippen molar-refractivity contribution >= 4 is 16.7 Å². The molecule has 1 aromatic carbocycles. The first-order valence-corrected chi connectivity index (χ1v) is 6.74. The number of fused-ring (bicyclic) bond motifs is 1. The van der Waals surface area contributed by atoms with Crippen LogP contribution in [0.3, 0.4) is 0 Å². The Morgan fingerprint density at radius 1 is 1.17 bits per heavy atom. The van der Waals surface area contributed by atoms with Crippen molar-refractivity contribution in [2.75, 3.05) is 7.11 Å². The summed E-state index contributed by atoms with van der Waals surface area (Å²) >= 11 is 1.86. The maximum atomic E-state index is 5.18. The summed E-state index contributed by atoms with van der Waals surface area (Å²) in [5.74, 6) is 0.890. The van der Waals surface area contributed by atoms with Gasteiger partial charge in [-0.15, -0.1) is 0 Å². The van der Waals surface area contributed by atoms with E-state index in [1.165, 1.54) is 16.0 Å². The number of hydrogen-bond donors (Lipinski definition) is 0. The van der Waals surface area contributed by atoms with Crippen LogP contribution in [0.2, 0.25) is 0 Å². The fourth-order valence-electron chi connectivity index (χ4n) is 1.98. The number of ether oxygens (including phenoxy) is 1. The summed E-state index contributed by atoms with van der Waals surface area (Å²) in [6.07, 6.45) is 13.9. The average molecular weight is 253 g/mol. The van der Waals surface area contributed by atoms with E-state index in [0.29, 0.717) is 5.25 Å². The van der Waals surface area contributed by atoms with E-state index in [2.05, 4.69) is 48.6 Å². The Balaban J connectivity index is 1.89. The molecule has 0 saturated carbocycles. The van der Waals surface area contributed by atoms with Crippen molar-refractivity contribution in [2.24, 2.45) is 0 Å². The van der Waals surface area contributed by atoms with Crippen molar-refractivity contribution in [2.45, 2.75) is 5.25 Å². The highest BCUT2D eigenvalue weighted by atomic mass is 32.2. The lowest BCUT2D eigenvalue weighted by atomic mass is 10.1. The van der Waals surface area contributed by atoms with Crippen LogP contribution in [-0.4, -0.2) is 12.4 Å². The molecule has 0 saturated heterocycles. The number of thioether (sulfide) groups is 1. The highest BCUT2D eigenvalue weighted by Crippen LogP contribution is 2.39. The average Bonchev–Trinajstić information content (AvgIpc) is 2.47. The van der Waals surface area contributed by atoms with Crippen LogP contribution in [0.4, 0.5) is 0 Å². The molecule has 2 aliphatic rings. The molecule has 1 nitrogen and oxygen atoms in total. The summed E-state index contributed by atoms with van der Waals surface area (Å²) in [4.78, 5) is 1.26. The van der Waals surface area contributed by atoms with Crippen LogP contribution < -0.4 is 4.74 Å². The lowest BCUT2D eigenvalue weighted by molar-refractivity contribution is 0.415. The van der Waals surface area contributed by atoms with Crippen LogP contribution in [0.1, 0.15) is 5.56 Å². The van der Waals surface area contributed by atoms with Gasteiger partial charge in [0.2, 0.25) is 0 Å². The van der Waals surface area contributed by atoms with Gasteiger partial charge in [0.05, 0.1) is 12.4 Å². The van der Waals surface area contributed by atoms with Gasteiger partial charge >= 0.3 is 0 Å². The van der Waals surface area contributed by atoms with Crippen molar-refractivity contribution in [3.05, 3.63) is 71.9 Å². The molecule has 1 atom stereocenters. The maximum absolute atomic E-state index is 5.18. The molecule has 2 heteroatoms. The van der Waals surface area contributed by atoms with E-state index in [9.17, 15) is 0 Å². The second-order valence-electron chi connectivity index (χ2n) is 4.12. The van der Waals surface area contributed by atoms with Gasteiger partial charge in [0, 0.05) is 17.7 Å². The smallest absolute Gasteiger partial charge is 0.133 e. The number of hydrogen-bond acceptors (Lipinski definition) is 2. The fraction of sp³-hybridized carbons (Fsp3) is 0.125. The summed E-state index contributed by atoms with van der Waals surface area (Å²) in [6, 6.07) is 8.17. The molecule has 0 bridgehead atoms. The Morgan fingerprint density at radius 3 is 2.78 bits per heavy atom. The zero-order chi connectivity index (χ0) is 12.4. The lowest BCUT2D eigenvalue weighted by Gasteiger charge is -2.14. The van der Waals surface area contributed by atoms with E-state index >= 15 is 0 Å². The van der Waals surface area contributed by atoms with Gasteiger partial charge in [-0.2, -0.15) is 0 Å². The first-order valence-electron chi connectivity index (χ1n) is 5.86. The molecule has 1 aliphatic carbocycles. The van der Waals surface area contributed by atoms with E-state index < -0.39 is 0 Å². The molecule has 0 spiro atoms. The molecule has 0 fully saturated rings. The third kappa shape index (κ3) is 2.13. The second kappa shape index (κ2) is 4.85. The molecular weight excluding hydrogens is 240 g/mol. The first-order chi connectivity index (χ1) is 8.86. The largest absolute Gasteiger partial charge is 0.497 e.